The van der Waals surface area contributed by atoms with Crippen molar-refractivity contribution in [3.8, 4) is 16.9 Å². The fourth-order valence-electron chi connectivity index (χ4n) is 4.26. The molecular weight excluding hydrogens is 378 g/mol. The van der Waals surface area contributed by atoms with Gasteiger partial charge in [-0.15, -0.1) is 0 Å². The molecule has 5 heteroatoms. The van der Waals surface area contributed by atoms with Crippen molar-refractivity contribution < 1.29 is 20.1 Å². The van der Waals surface area contributed by atoms with E-state index in [0.29, 0.717) is 11.3 Å². The van der Waals surface area contributed by atoms with Crippen molar-refractivity contribution >= 4 is 16.7 Å². The average molecular weight is 405 g/mol. The second-order valence-corrected chi connectivity index (χ2v) is 8.11. The van der Waals surface area contributed by atoms with Gasteiger partial charge in [-0.05, 0) is 71.3 Å². The Hall–Kier alpha value is -2.89. The zero-order valence-corrected chi connectivity index (χ0v) is 17.1. The summed E-state index contributed by atoms with van der Waals surface area (Å²) in [5.74, 6) is 0.184. The second-order valence-electron chi connectivity index (χ2n) is 8.11. The Morgan fingerprint density at radius 1 is 1.03 bits per heavy atom. The number of likely N-dealkylation sites (N-methyl/N-ethyl adjacent to an activating group) is 1. The topological polar surface area (TPSA) is 81.0 Å². The minimum absolute atomic E-state index is 0.0733. The minimum atomic E-state index is -0.953. The van der Waals surface area contributed by atoms with Gasteiger partial charge in [-0.2, -0.15) is 0 Å². The van der Waals surface area contributed by atoms with Crippen LogP contribution in [0.5, 0.6) is 5.75 Å². The SMILES string of the molecule is CN(CC(O)CO)C(=O)c1ccc2cc(-c3ccc4c(c3O)CCCC4)ccc2c1. The molecule has 0 saturated carbocycles. The number of rotatable bonds is 5. The molecule has 3 aromatic carbocycles. The number of phenolic OH excluding ortho intramolecular Hbond substituents is 1. The van der Waals surface area contributed by atoms with E-state index in [9.17, 15) is 15.0 Å². The number of benzene rings is 3. The maximum Gasteiger partial charge on any atom is 0.253 e. The van der Waals surface area contributed by atoms with E-state index in [-0.39, 0.29) is 19.1 Å². The molecule has 1 unspecified atom stereocenters. The summed E-state index contributed by atoms with van der Waals surface area (Å²) in [4.78, 5) is 14.0. The summed E-state index contributed by atoms with van der Waals surface area (Å²) in [7, 11) is 1.60. The number of carbonyl (C=O) groups excluding carboxylic acids is 1. The fraction of sp³-hybridized carbons (Fsp3) is 0.320. The van der Waals surface area contributed by atoms with Crippen LogP contribution in [0.25, 0.3) is 21.9 Å². The number of aryl methyl sites for hydroxylation is 1. The van der Waals surface area contributed by atoms with Crippen LogP contribution in [0.3, 0.4) is 0 Å². The van der Waals surface area contributed by atoms with E-state index in [1.165, 1.54) is 16.9 Å². The second kappa shape index (κ2) is 8.46. The smallest absolute Gasteiger partial charge is 0.253 e. The van der Waals surface area contributed by atoms with Gasteiger partial charge in [-0.25, -0.2) is 0 Å². The zero-order chi connectivity index (χ0) is 21.3. The largest absolute Gasteiger partial charge is 0.507 e. The van der Waals surface area contributed by atoms with Gasteiger partial charge in [-0.3, -0.25) is 4.79 Å². The standard InChI is InChI=1S/C25H27NO4/c1-26(14-21(28)15-27)25(30)20-9-7-17-12-19(8-6-18(17)13-20)23-11-10-16-4-2-3-5-22(16)24(23)29/h6-13,21,27-29H,2-5,14-15H2,1H3. The number of carbonyl (C=O) groups is 1. The number of fused-ring (bicyclic) bond motifs is 2. The van der Waals surface area contributed by atoms with Gasteiger partial charge in [0.1, 0.15) is 5.75 Å². The highest BCUT2D eigenvalue weighted by atomic mass is 16.3. The van der Waals surface area contributed by atoms with E-state index in [1.54, 1.807) is 13.1 Å². The van der Waals surface area contributed by atoms with Crippen molar-refractivity contribution in [3.63, 3.8) is 0 Å². The average Bonchev–Trinajstić information content (AvgIpc) is 2.78. The molecule has 0 spiro atoms. The molecule has 0 heterocycles. The molecule has 30 heavy (non-hydrogen) atoms. The number of aliphatic hydroxyl groups is 2. The van der Waals surface area contributed by atoms with E-state index in [1.807, 2.05) is 36.4 Å². The van der Waals surface area contributed by atoms with E-state index < -0.39 is 6.10 Å². The predicted octanol–water partition coefficient (Wildman–Crippen LogP) is 3.52. The molecule has 0 bridgehead atoms. The molecule has 3 aromatic rings. The van der Waals surface area contributed by atoms with Gasteiger partial charge < -0.3 is 20.2 Å². The monoisotopic (exact) mass is 405 g/mol. The lowest BCUT2D eigenvalue weighted by Gasteiger charge is -2.20. The van der Waals surface area contributed by atoms with Crippen molar-refractivity contribution in [2.24, 2.45) is 0 Å². The zero-order valence-electron chi connectivity index (χ0n) is 17.1. The lowest BCUT2D eigenvalue weighted by atomic mass is 9.87. The Kier molecular flexibility index (Phi) is 5.75. The first-order chi connectivity index (χ1) is 14.5. The van der Waals surface area contributed by atoms with Crippen molar-refractivity contribution in [2.75, 3.05) is 20.2 Å². The molecule has 0 saturated heterocycles. The van der Waals surface area contributed by atoms with Crippen LogP contribution in [0.1, 0.15) is 34.3 Å². The highest BCUT2D eigenvalue weighted by molar-refractivity contribution is 5.99. The Morgan fingerprint density at radius 2 is 1.77 bits per heavy atom. The molecule has 3 N–H and O–H groups in total. The van der Waals surface area contributed by atoms with Crippen molar-refractivity contribution in [1.29, 1.82) is 0 Å². The predicted molar refractivity (Wildman–Crippen MR) is 118 cm³/mol. The van der Waals surface area contributed by atoms with Crippen molar-refractivity contribution in [1.82, 2.24) is 4.90 Å². The third-order valence-electron chi connectivity index (χ3n) is 5.94. The van der Waals surface area contributed by atoms with Crippen LogP contribution >= 0.6 is 0 Å². The van der Waals surface area contributed by atoms with Gasteiger partial charge in [0, 0.05) is 24.7 Å². The Bertz CT molecular complexity index is 1090. The van der Waals surface area contributed by atoms with Crippen molar-refractivity contribution in [2.45, 2.75) is 31.8 Å². The number of phenols is 1. The van der Waals surface area contributed by atoms with Crippen LogP contribution in [0.15, 0.2) is 48.5 Å². The van der Waals surface area contributed by atoms with E-state index in [4.69, 9.17) is 5.11 Å². The summed E-state index contributed by atoms with van der Waals surface area (Å²) < 4.78 is 0. The number of hydrogen-bond acceptors (Lipinski definition) is 4. The summed E-state index contributed by atoms with van der Waals surface area (Å²) in [5.41, 5.74) is 4.65. The Morgan fingerprint density at radius 3 is 2.57 bits per heavy atom. The first-order valence-electron chi connectivity index (χ1n) is 10.4. The molecule has 1 aliphatic rings. The molecule has 1 atom stereocenters. The number of aliphatic hydroxyl groups excluding tert-OH is 2. The third kappa shape index (κ3) is 3.91. The van der Waals surface area contributed by atoms with Crippen LogP contribution in [0.2, 0.25) is 0 Å². The van der Waals surface area contributed by atoms with E-state index in [0.717, 1.165) is 46.7 Å². The molecular formula is C25H27NO4. The Labute approximate surface area is 176 Å². The highest BCUT2D eigenvalue weighted by Crippen LogP contribution is 2.38. The lowest BCUT2D eigenvalue weighted by Crippen LogP contribution is -2.35. The van der Waals surface area contributed by atoms with Crippen LogP contribution < -0.4 is 0 Å². The van der Waals surface area contributed by atoms with Gasteiger partial charge in [0.25, 0.3) is 5.91 Å². The summed E-state index contributed by atoms with van der Waals surface area (Å²) in [6.07, 6.45) is 3.29. The van der Waals surface area contributed by atoms with Crippen molar-refractivity contribution in [3.05, 3.63) is 65.2 Å². The van der Waals surface area contributed by atoms with Gasteiger partial charge in [-0.1, -0.05) is 30.3 Å². The molecule has 4 rings (SSSR count). The molecule has 5 nitrogen and oxygen atoms in total. The maximum absolute atomic E-state index is 12.6. The highest BCUT2D eigenvalue weighted by Gasteiger charge is 2.18. The molecule has 156 valence electrons. The minimum Gasteiger partial charge on any atom is -0.507 e. The molecule has 0 aromatic heterocycles. The summed E-state index contributed by atoms with van der Waals surface area (Å²) in [6.45, 7) is -0.308. The number of hydrogen-bond donors (Lipinski definition) is 3. The van der Waals surface area contributed by atoms with Crippen LogP contribution in [0.4, 0.5) is 0 Å². The van der Waals surface area contributed by atoms with Crippen LogP contribution in [-0.4, -0.2) is 52.4 Å². The number of nitrogens with zero attached hydrogens (tertiary/aromatic N) is 1. The normalized spacial score (nSPS) is 14.4. The first kappa shape index (κ1) is 20.4. The first-order valence-corrected chi connectivity index (χ1v) is 10.4. The van der Waals surface area contributed by atoms with Gasteiger partial charge in [0.15, 0.2) is 0 Å². The summed E-state index contributed by atoms with van der Waals surface area (Å²) in [6, 6.07) is 15.6. The molecule has 1 aliphatic carbocycles. The van der Waals surface area contributed by atoms with Gasteiger partial charge >= 0.3 is 0 Å². The van der Waals surface area contributed by atoms with Crippen LogP contribution in [-0.2, 0) is 12.8 Å². The lowest BCUT2D eigenvalue weighted by molar-refractivity contribution is 0.0520. The Balaban J connectivity index is 1.63. The van der Waals surface area contributed by atoms with E-state index >= 15 is 0 Å². The fourth-order valence-corrected chi connectivity index (χ4v) is 4.26. The third-order valence-corrected chi connectivity index (χ3v) is 5.94. The molecule has 0 aliphatic heterocycles. The van der Waals surface area contributed by atoms with E-state index in [2.05, 4.69) is 6.07 Å². The van der Waals surface area contributed by atoms with Gasteiger partial charge in [0.05, 0.1) is 12.7 Å². The molecule has 0 radical (unpaired) electrons. The maximum atomic E-state index is 12.6. The number of aromatic hydroxyl groups is 1. The summed E-state index contributed by atoms with van der Waals surface area (Å²) >= 11 is 0. The van der Waals surface area contributed by atoms with Crippen LogP contribution in [0, 0.1) is 0 Å². The summed E-state index contributed by atoms with van der Waals surface area (Å²) in [5, 5.41) is 31.3. The number of amides is 1. The quantitative estimate of drug-likeness (QED) is 0.607. The molecule has 1 amide bonds. The molecule has 0 fully saturated rings. The van der Waals surface area contributed by atoms with Gasteiger partial charge in [0.2, 0.25) is 0 Å².